The number of carbonyl (C=O) groups is 4. The molecule has 0 aliphatic carbocycles. The molecular formula is C21H31N3O6. The van der Waals surface area contributed by atoms with Crippen LogP contribution in [0.1, 0.15) is 46.6 Å². The normalized spacial score (nSPS) is 13.1. The lowest BCUT2D eigenvalue weighted by Gasteiger charge is -2.27. The van der Waals surface area contributed by atoms with Crippen LogP contribution in [0.25, 0.3) is 0 Å². The van der Waals surface area contributed by atoms with Crippen molar-refractivity contribution in [1.29, 1.82) is 0 Å². The molecule has 0 saturated heterocycles. The molecule has 0 bridgehead atoms. The van der Waals surface area contributed by atoms with Crippen LogP contribution in [-0.4, -0.2) is 41.6 Å². The highest BCUT2D eigenvalue weighted by molar-refractivity contribution is 5.93. The molecule has 0 aliphatic heterocycles. The van der Waals surface area contributed by atoms with Crippen LogP contribution in [0.2, 0.25) is 0 Å². The Bertz CT molecular complexity index is 743. The summed E-state index contributed by atoms with van der Waals surface area (Å²) in [5, 5.41) is 4.86. The highest BCUT2D eigenvalue weighted by Crippen LogP contribution is 2.13. The van der Waals surface area contributed by atoms with Crippen LogP contribution in [0.15, 0.2) is 30.3 Å². The number of carbonyl (C=O) groups excluding carboxylic acids is 4. The Morgan fingerprint density at radius 1 is 1.03 bits per heavy atom. The lowest BCUT2D eigenvalue weighted by atomic mass is 10.0. The summed E-state index contributed by atoms with van der Waals surface area (Å²) in [5.41, 5.74) is 5.23. The van der Waals surface area contributed by atoms with Crippen molar-refractivity contribution in [2.45, 2.75) is 65.3 Å². The topological polar surface area (TPSA) is 137 Å². The lowest BCUT2D eigenvalue weighted by Crippen LogP contribution is -2.55. The molecular weight excluding hydrogens is 390 g/mol. The third-order valence-corrected chi connectivity index (χ3v) is 3.85. The molecule has 0 radical (unpaired) electrons. The van der Waals surface area contributed by atoms with Gasteiger partial charge in [-0.15, -0.1) is 0 Å². The van der Waals surface area contributed by atoms with E-state index in [0.29, 0.717) is 0 Å². The zero-order valence-electron chi connectivity index (χ0n) is 18.1. The summed E-state index contributed by atoms with van der Waals surface area (Å²) in [4.78, 5) is 48.6. The summed E-state index contributed by atoms with van der Waals surface area (Å²) < 4.78 is 10.4. The summed E-state index contributed by atoms with van der Waals surface area (Å²) in [7, 11) is 0. The number of hydrogen-bond donors (Lipinski definition) is 3. The second kappa shape index (κ2) is 11.2. The van der Waals surface area contributed by atoms with Crippen LogP contribution in [0.3, 0.4) is 0 Å². The number of alkyl carbamates (subject to hydrolysis) is 1. The molecule has 1 aromatic carbocycles. The molecule has 9 nitrogen and oxygen atoms in total. The summed E-state index contributed by atoms with van der Waals surface area (Å²) in [6.45, 7) is 8.60. The van der Waals surface area contributed by atoms with Crippen molar-refractivity contribution in [3.05, 3.63) is 35.9 Å². The van der Waals surface area contributed by atoms with E-state index in [9.17, 15) is 19.2 Å². The third-order valence-electron chi connectivity index (χ3n) is 3.85. The van der Waals surface area contributed by atoms with Crippen molar-refractivity contribution in [3.63, 3.8) is 0 Å². The smallest absolute Gasteiger partial charge is 0.408 e. The van der Waals surface area contributed by atoms with Crippen molar-refractivity contribution in [2.75, 3.05) is 0 Å². The molecule has 1 aromatic rings. The Hall–Kier alpha value is -3.10. The number of rotatable bonds is 9. The van der Waals surface area contributed by atoms with Gasteiger partial charge in [0.2, 0.25) is 11.8 Å². The Balaban J connectivity index is 2.79. The van der Waals surface area contributed by atoms with Gasteiger partial charge in [-0.25, -0.2) is 9.59 Å². The van der Waals surface area contributed by atoms with Gasteiger partial charge in [0.1, 0.15) is 24.3 Å². The average Bonchev–Trinajstić information content (AvgIpc) is 2.62. The molecule has 1 rings (SSSR count). The maximum absolute atomic E-state index is 12.7. The van der Waals surface area contributed by atoms with Gasteiger partial charge in [0.15, 0.2) is 0 Å². The SMILES string of the molecule is CC(C)[C@H](NC(=O)[C@H](CC(N)=O)NC(=O)OCc1ccccc1)C(=O)OC(C)(C)C. The van der Waals surface area contributed by atoms with E-state index in [4.69, 9.17) is 15.2 Å². The number of esters is 1. The van der Waals surface area contributed by atoms with Gasteiger partial charge in [-0.1, -0.05) is 44.2 Å². The highest BCUT2D eigenvalue weighted by Gasteiger charge is 2.32. The maximum atomic E-state index is 12.7. The van der Waals surface area contributed by atoms with Gasteiger partial charge in [-0.3, -0.25) is 9.59 Å². The standard InChI is InChI=1S/C21H31N3O6/c1-13(2)17(19(27)30-21(3,4)5)24-18(26)15(11-16(22)25)23-20(28)29-12-14-9-7-6-8-10-14/h6-10,13,15,17H,11-12H2,1-5H3,(H2,22,25)(H,23,28)(H,24,26)/t15-,17-/m0/s1. The fraction of sp³-hybridized carbons (Fsp3) is 0.524. The number of primary amides is 1. The first kappa shape index (κ1) is 24.9. The average molecular weight is 421 g/mol. The van der Waals surface area contributed by atoms with Gasteiger partial charge in [-0.2, -0.15) is 0 Å². The first-order valence-corrected chi connectivity index (χ1v) is 9.67. The number of nitrogens with two attached hydrogens (primary N) is 1. The first-order chi connectivity index (χ1) is 13.9. The molecule has 0 unspecified atom stereocenters. The van der Waals surface area contributed by atoms with Crippen molar-refractivity contribution in [3.8, 4) is 0 Å². The van der Waals surface area contributed by atoms with Gasteiger partial charge in [0.25, 0.3) is 0 Å². The zero-order chi connectivity index (χ0) is 22.9. The molecule has 166 valence electrons. The third kappa shape index (κ3) is 9.40. The van der Waals surface area contributed by atoms with Gasteiger partial charge in [0.05, 0.1) is 6.42 Å². The zero-order valence-corrected chi connectivity index (χ0v) is 18.1. The van der Waals surface area contributed by atoms with E-state index in [0.717, 1.165) is 5.56 Å². The Morgan fingerprint density at radius 2 is 1.63 bits per heavy atom. The van der Waals surface area contributed by atoms with Crippen LogP contribution in [0.5, 0.6) is 0 Å². The molecule has 0 fully saturated rings. The van der Waals surface area contributed by atoms with Gasteiger partial charge < -0.3 is 25.8 Å². The van der Waals surface area contributed by atoms with E-state index < -0.39 is 48.0 Å². The van der Waals surface area contributed by atoms with E-state index in [2.05, 4.69) is 10.6 Å². The number of amides is 3. The minimum absolute atomic E-state index is 0.00981. The van der Waals surface area contributed by atoms with E-state index in [-0.39, 0.29) is 12.5 Å². The molecule has 0 spiro atoms. The summed E-state index contributed by atoms with van der Waals surface area (Å²) in [5.74, 6) is -2.44. The summed E-state index contributed by atoms with van der Waals surface area (Å²) in [6.07, 6.45) is -1.34. The van der Waals surface area contributed by atoms with Crippen LogP contribution in [0.4, 0.5) is 4.79 Å². The van der Waals surface area contributed by atoms with Gasteiger partial charge in [0, 0.05) is 0 Å². The minimum Gasteiger partial charge on any atom is -0.458 e. The number of nitrogens with one attached hydrogen (secondary N) is 2. The Labute approximate surface area is 176 Å². The molecule has 0 aliphatic rings. The number of ether oxygens (including phenoxy) is 2. The van der Waals surface area contributed by atoms with Crippen LogP contribution in [-0.2, 0) is 30.5 Å². The molecule has 0 aromatic heterocycles. The number of benzene rings is 1. The summed E-state index contributed by atoms with van der Waals surface area (Å²) in [6, 6.07) is 6.70. The first-order valence-electron chi connectivity index (χ1n) is 9.67. The predicted octanol–water partition coefficient (Wildman–Crippen LogP) is 1.64. The summed E-state index contributed by atoms with van der Waals surface area (Å²) >= 11 is 0. The van der Waals surface area contributed by atoms with Crippen molar-refractivity contribution in [1.82, 2.24) is 10.6 Å². The minimum atomic E-state index is -1.30. The molecule has 9 heteroatoms. The molecule has 0 heterocycles. The molecule has 4 N–H and O–H groups in total. The quantitative estimate of drug-likeness (QED) is 0.519. The largest absolute Gasteiger partial charge is 0.458 e. The van der Waals surface area contributed by atoms with Crippen molar-refractivity contribution < 1.29 is 28.7 Å². The van der Waals surface area contributed by atoms with Crippen molar-refractivity contribution >= 4 is 23.9 Å². The van der Waals surface area contributed by atoms with E-state index in [1.807, 2.05) is 6.07 Å². The molecule has 0 saturated carbocycles. The molecule has 2 atom stereocenters. The van der Waals surface area contributed by atoms with Crippen LogP contribution in [0, 0.1) is 5.92 Å². The Morgan fingerprint density at radius 3 is 2.13 bits per heavy atom. The van der Waals surface area contributed by atoms with E-state index in [1.165, 1.54) is 0 Å². The maximum Gasteiger partial charge on any atom is 0.408 e. The Kier molecular flexibility index (Phi) is 9.29. The fourth-order valence-electron chi connectivity index (χ4n) is 2.43. The monoisotopic (exact) mass is 421 g/mol. The number of hydrogen-bond acceptors (Lipinski definition) is 6. The second-order valence-electron chi connectivity index (χ2n) is 8.19. The van der Waals surface area contributed by atoms with Gasteiger partial charge >= 0.3 is 12.1 Å². The molecule has 3 amide bonds. The highest BCUT2D eigenvalue weighted by atomic mass is 16.6. The van der Waals surface area contributed by atoms with Gasteiger partial charge in [-0.05, 0) is 32.3 Å². The second-order valence-corrected chi connectivity index (χ2v) is 8.19. The van der Waals surface area contributed by atoms with E-state index in [1.54, 1.807) is 58.9 Å². The predicted molar refractivity (Wildman–Crippen MR) is 110 cm³/mol. The lowest BCUT2D eigenvalue weighted by molar-refractivity contribution is -0.160. The van der Waals surface area contributed by atoms with Crippen LogP contribution < -0.4 is 16.4 Å². The molecule has 30 heavy (non-hydrogen) atoms. The van der Waals surface area contributed by atoms with Crippen molar-refractivity contribution in [2.24, 2.45) is 11.7 Å². The van der Waals surface area contributed by atoms with E-state index >= 15 is 0 Å². The van der Waals surface area contributed by atoms with Crippen LogP contribution >= 0.6 is 0 Å². The fourth-order valence-corrected chi connectivity index (χ4v) is 2.43.